The maximum absolute atomic E-state index is 12.8. The molecule has 5 heteroatoms. The predicted molar refractivity (Wildman–Crippen MR) is 104 cm³/mol. The predicted octanol–water partition coefficient (Wildman–Crippen LogP) is 3.75. The van der Waals surface area contributed by atoms with Crippen molar-refractivity contribution in [1.29, 1.82) is 0 Å². The molecule has 1 saturated heterocycles. The van der Waals surface area contributed by atoms with Gasteiger partial charge >= 0.3 is 0 Å². The van der Waals surface area contributed by atoms with E-state index in [0.717, 1.165) is 24.3 Å². The molecule has 2 N–H and O–H groups in total. The quantitative estimate of drug-likeness (QED) is 0.787. The zero-order valence-electron chi connectivity index (χ0n) is 16.5. The largest absolute Gasteiger partial charge is 0.354 e. The van der Waals surface area contributed by atoms with Gasteiger partial charge < -0.3 is 10.3 Å². The van der Waals surface area contributed by atoms with Crippen molar-refractivity contribution in [1.82, 2.24) is 15.2 Å². The SMILES string of the molecule is CC(=O)c1c(C)[nH]c(C(=O)NCC2(N3CCCCC3)CCCCC2)c1C. The van der Waals surface area contributed by atoms with E-state index in [9.17, 15) is 9.59 Å². The molecule has 0 aromatic carbocycles. The number of piperidine rings is 1. The van der Waals surface area contributed by atoms with Crippen LogP contribution < -0.4 is 5.32 Å². The van der Waals surface area contributed by atoms with Crippen LogP contribution in [0.25, 0.3) is 0 Å². The van der Waals surface area contributed by atoms with Crippen LogP contribution in [0, 0.1) is 13.8 Å². The van der Waals surface area contributed by atoms with Gasteiger partial charge in [-0.2, -0.15) is 0 Å². The second-order valence-corrected chi connectivity index (χ2v) is 8.20. The number of likely N-dealkylation sites (tertiary alicyclic amines) is 1. The fraction of sp³-hybridized carbons (Fsp3) is 0.714. The van der Waals surface area contributed by atoms with Crippen molar-refractivity contribution >= 4 is 11.7 Å². The van der Waals surface area contributed by atoms with Crippen LogP contribution >= 0.6 is 0 Å². The lowest BCUT2D eigenvalue weighted by molar-refractivity contribution is 0.0326. The zero-order valence-corrected chi connectivity index (χ0v) is 16.5. The summed E-state index contributed by atoms with van der Waals surface area (Å²) >= 11 is 0. The fourth-order valence-electron chi connectivity index (χ4n) is 5.02. The first-order valence-electron chi connectivity index (χ1n) is 10.2. The third-order valence-corrected chi connectivity index (χ3v) is 6.41. The summed E-state index contributed by atoms with van der Waals surface area (Å²) in [5, 5.41) is 3.20. The average Bonchev–Trinajstić information content (AvgIpc) is 2.95. The molecule has 2 aliphatic rings. The Bertz CT molecular complexity index is 665. The molecule has 0 unspecified atom stereocenters. The molecule has 0 atom stereocenters. The van der Waals surface area contributed by atoms with Crippen molar-refractivity contribution in [2.75, 3.05) is 19.6 Å². The number of nitrogens with zero attached hydrogens (tertiary/aromatic N) is 1. The minimum absolute atomic E-state index is 0.00682. The van der Waals surface area contributed by atoms with Crippen LogP contribution in [0.5, 0.6) is 0 Å². The van der Waals surface area contributed by atoms with Gasteiger partial charge in [0, 0.05) is 23.3 Å². The standard InChI is InChI=1S/C21H33N3O2/c1-15-18(17(3)25)16(2)23-19(15)20(26)22-14-21(10-6-4-7-11-21)24-12-8-5-9-13-24/h23H,4-14H2,1-3H3,(H,22,26). The Balaban J connectivity index is 1.74. The van der Waals surface area contributed by atoms with Crippen molar-refractivity contribution in [3.05, 3.63) is 22.5 Å². The minimum atomic E-state index is -0.0833. The van der Waals surface area contributed by atoms with E-state index in [-0.39, 0.29) is 17.2 Å². The van der Waals surface area contributed by atoms with Crippen LogP contribution in [-0.4, -0.2) is 46.7 Å². The van der Waals surface area contributed by atoms with Gasteiger partial charge in [-0.05, 0) is 65.1 Å². The molecule has 2 heterocycles. The summed E-state index contributed by atoms with van der Waals surface area (Å²) in [5.74, 6) is -0.0765. The Morgan fingerprint density at radius 3 is 2.23 bits per heavy atom. The van der Waals surface area contributed by atoms with Crippen molar-refractivity contribution in [3.8, 4) is 0 Å². The van der Waals surface area contributed by atoms with E-state index in [1.165, 1.54) is 51.4 Å². The highest BCUT2D eigenvalue weighted by Gasteiger charge is 2.38. The van der Waals surface area contributed by atoms with E-state index in [0.29, 0.717) is 17.8 Å². The molecule has 3 rings (SSSR count). The van der Waals surface area contributed by atoms with Gasteiger partial charge in [0.25, 0.3) is 5.91 Å². The number of nitrogens with one attached hydrogen (secondary N) is 2. The molecule has 1 aromatic heterocycles. The molecule has 26 heavy (non-hydrogen) atoms. The highest BCUT2D eigenvalue weighted by atomic mass is 16.2. The first kappa shape index (κ1) is 19.2. The van der Waals surface area contributed by atoms with E-state index >= 15 is 0 Å². The molecule has 1 aromatic rings. The highest BCUT2D eigenvalue weighted by Crippen LogP contribution is 2.35. The number of hydrogen-bond acceptors (Lipinski definition) is 3. The molecule has 5 nitrogen and oxygen atoms in total. The maximum Gasteiger partial charge on any atom is 0.268 e. The topological polar surface area (TPSA) is 65.2 Å². The lowest BCUT2D eigenvalue weighted by Gasteiger charge is -2.48. The van der Waals surface area contributed by atoms with Crippen LogP contribution in [0.1, 0.15) is 90.4 Å². The van der Waals surface area contributed by atoms with E-state index in [2.05, 4.69) is 15.2 Å². The molecule has 1 aliphatic carbocycles. The van der Waals surface area contributed by atoms with E-state index in [1.54, 1.807) is 6.92 Å². The Labute approximate surface area is 156 Å². The Kier molecular flexibility index (Phi) is 5.86. The first-order chi connectivity index (χ1) is 12.4. The lowest BCUT2D eigenvalue weighted by atomic mass is 9.79. The molecule has 0 bridgehead atoms. The number of hydrogen-bond donors (Lipinski definition) is 2. The molecule has 1 aliphatic heterocycles. The molecule has 1 saturated carbocycles. The van der Waals surface area contributed by atoms with Crippen molar-refractivity contribution in [2.45, 2.75) is 77.7 Å². The number of Topliss-reactive ketones (excluding diaryl/α,β-unsaturated/α-hetero) is 1. The van der Waals surface area contributed by atoms with Crippen LogP contribution in [-0.2, 0) is 0 Å². The summed E-state index contributed by atoms with van der Waals surface area (Å²) in [6.07, 6.45) is 10.0. The Morgan fingerprint density at radius 1 is 1.04 bits per heavy atom. The van der Waals surface area contributed by atoms with Gasteiger partial charge in [-0.25, -0.2) is 0 Å². The number of H-pyrrole nitrogens is 1. The van der Waals surface area contributed by atoms with Crippen molar-refractivity contribution in [3.63, 3.8) is 0 Å². The van der Waals surface area contributed by atoms with Crippen molar-refractivity contribution < 1.29 is 9.59 Å². The number of carbonyl (C=O) groups is 2. The number of aromatic nitrogens is 1. The fourth-order valence-corrected chi connectivity index (χ4v) is 5.02. The van der Waals surface area contributed by atoms with Crippen LogP contribution in [0.2, 0.25) is 0 Å². The van der Waals surface area contributed by atoms with Gasteiger partial charge in [-0.3, -0.25) is 14.5 Å². The van der Waals surface area contributed by atoms with Gasteiger partial charge in [0.1, 0.15) is 5.69 Å². The summed E-state index contributed by atoms with van der Waals surface area (Å²) in [6.45, 7) is 8.29. The van der Waals surface area contributed by atoms with Crippen LogP contribution in [0.15, 0.2) is 0 Å². The number of aromatic amines is 1. The zero-order chi connectivity index (χ0) is 18.7. The summed E-state index contributed by atoms with van der Waals surface area (Å²) in [6, 6.07) is 0. The van der Waals surface area contributed by atoms with Crippen LogP contribution in [0.3, 0.4) is 0 Å². The van der Waals surface area contributed by atoms with E-state index in [1.807, 2.05) is 13.8 Å². The molecule has 1 amide bonds. The van der Waals surface area contributed by atoms with E-state index in [4.69, 9.17) is 0 Å². The number of carbonyl (C=O) groups excluding carboxylic acids is 2. The van der Waals surface area contributed by atoms with Crippen molar-refractivity contribution in [2.24, 2.45) is 0 Å². The number of rotatable bonds is 5. The van der Waals surface area contributed by atoms with Gasteiger partial charge in [0.05, 0.1) is 0 Å². The second-order valence-electron chi connectivity index (χ2n) is 8.20. The van der Waals surface area contributed by atoms with Gasteiger partial charge in [0.2, 0.25) is 0 Å². The van der Waals surface area contributed by atoms with Gasteiger partial charge in [0.15, 0.2) is 5.78 Å². The number of ketones is 1. The van der Waals surface area contributed by atoms with Gasteiger partial charge in [-0.15, -0.1) is 0 Å². The number of amides is 1. The monoisotopic (exact) mass is 359 g/mol. The lowest BCUT2D eigenvalue weighted by Crippen LogP contribution is -2.58. The molecular formula is C21H33N3O2. The molecule has 0 radical (unpaired) electrons. The molecule has 144 valence electrons. The highest BCUT2D eigenvalue weighted by molar-refractivity contribution is 6.02. The van der Waals surface area contributed by atoms with Crippen LogP contribution in [0.4, 0.5) is 0 Å². The molecule has 2 fully saturated rings. The second kappa shape index (κ2) is 7.95. The van der Waals surface area contributed by atoms with Gasteiger partial charge in [-0.1, -0.05) is 25.7 Å². The molecule has 0 spiro atoms. The summed E-state index contributed by atoms with van der Waals surface area (Å²) in [5.41, 5.74) is 2.86. The smallest absolute Gasteiger partial charge is 0.268 e. The maximum atomic E-state index is 12.8. The summed E-state index contributed by atoms with van der Waals surface area (Å²) < 4.78 is 0. The Morgan fingerprint density at radius 2 is 1.65 bits per heavy atom. The normalized spacial score (nSPS) is 20.7. The number of aryl methyl sites for hydroxylation is 1. The Hall–Kier alpha value is -1.62. The third kappa shape index (κ3) is 3.73. The minimum Gasteiger partial charge on any atom is -0.354 e. The summed E-state index contributed by atoms with van der Waals surface area (Å²) in [4.78, 5) is 30.4. The third-order valence-electron chi connectivity index (χ3n) is 6.41. The summed E-state index contributed by atoms with van der Waals surface area (Å²) in [7, 11) is 0. The first-order valence-corrected chi connectivity index (χ1v) is 10.2. The molecular weight excluding hydrogens is 326 g/mol. The average molecular weight is 360 g/mol. The van der Waals surface area contributed by atoms with E-state index < -0.39 is 0 Å².